The maximum atomic E-state index is 12.2. The molecule has 0 unspecified atom stereocenters. The highest BCUT2D eigenvalue weighted by Crippen LogP contribution is 2.19. The van der Waals surface area contributed by atoms with E-state index in [9.17, 15) is 4.79 Å². The summed E-state index contributed by atoms with van der Waals surface area (Å²) in [7, 11) is 1.62. The number of carbonyl (C=O) groups excluding carboxylic acids is 1. The van der Waals surface area contributed by atoms with Crippen LogP contribution in [0.2, 0.25) is 5.02 Å². The smallest absolute Gasteiger partial charge is 0.223 e. The summed E-state index contributed by atoms with van der Waals surface area (Å²) in [5.41, 5.74) is 0.985. The van der Waals surface area contributed by atoms with Gasteiger partial charge in [-0.1, -0.05) is 23.7 Å². The van der Waals surface area contributed by atoms with Crippen molar-refractivity contribution in [1.82, 2.24) is 5.32 Å². The van der Waals surface area contributed by atoms with Crippen molar-refractivity contribution in [2.45, 2.75) is 37.8 Å². The SMILES string of the molecule is COC[C@@H](NC(=O)C[C@H]1CCCCO1)c1ccc(Cl)cc1. The Labute approximate surface area is 130 Å². The molecule has 1 amide bonds. The van der Waals surface area contributed by atoms with Gasteiger partial charge in [0, 0.05) is 18.7 Å². The highest BCUT2D eigenvalue weighted by molar-refractivity contribution is 6.30. The first-order valence-electron chi connectivity index (χ1n) is 7.34. The van der Waals surface area contributed by atoms with Crippen LogP contribution in [0.15, 0.2) is 24.3 Å². The van der Waals surface area contributed by atoms with Crippen LogP contribution in [0.1, 0.15) is 37.3 Å². The third kappa shape index (κ3) is 5.30. The molecule has 1 aromatic carbocycles. The number of halogens is 1. The van der Waals surface area contributed by atoms with Gasteiger partial charge < -0.3 is 14.8 Å². The van der Waals surface area contributed by atoms with Gasteiger partial charge in [-0.2, -0.15) is 0 Å². The summed E-state index contributed by atoms with van der Waals surface area (Å²) < 4.78 is 10.8. The third-order valence-electron chi connectivity index (χ3n) is 3.63. The van der Waals surface area contributed by atoms with Gasteiger partial charge in [0.05, 0.1) is 25.2 Å². The molecule has 1 heterocycles. The van der Waals surface area contributed by atoms with Crippen LogP contribution >= 0.6 is 11.6 Å². The van der Waals surface area contributed by atoms with E-state index in [1.807, 2.05) is 24.3 Å². The summed E-state index contributed by atoms with van der Waals surface area (Å²) in [4.78, 5) is 12.2. The largest absolute Gasteiger partial charge is 0.382 e. The van der Waals surface area contributed by atoms with Crippen molar-refractivity contribution in [3.8, 4) is 0 Å². The van der Waals surface area contributed by atoms with Crippen LogP contribution in [0.3, 0.4) is 0 Å². The summed E-state index contributed by atoms with van der Waals surface area (Å²) in [6, 6.07) is 7.28. The number of methoxy groups -OCH3 is 1. The molecule has 1 aliphatic heterocycles. The van der Waals surface area contributed by atoms with E-state index in [0.717, 1.165) is 31.4 Å². The fraction of sp³-hybridized carbons (Fsp3) is 0.562. The molecule has 4 nitrogen and oxygen atoms in total. The molecule has 1 N–H and O–H groups in total. The zero-order valence-electron chi connectivity index (χ0n) is 12.3. The summed E-state index contributed by atoms with van der Waals surface area (Å²) in [6.07, 6.45) is 3.65. The quantitative estimate of drug-likeness (QED) is 0.878. The Morgan fingerprint density at radius 2 is 2.19 bits per heavy atom. The van der Waals surface area contributed by atoms with Crippen molar-refractivity contribution >= 4 is 17.5 Å². The van der Waals surface area contributed by atoms with Gasteiger partial charge in [-0.3, -0.25) is 4.79 Å². The fourth-order valence-electron chi connectivity index (χ4n) is 2.51. The van der Waals surface area contributed by atoms with Crippen molar-refractivity contribution in [3.63, 3.8) is 0 Å². The Morgan fingerprint density at radius 3 is 2.81 bits per heavy atom. The van der Waals surface area contributed by atoms with Crippen LogP contribution < -0.4 is 5.32 Å². The molecule has 1 fully saturated rings. The van der Waals surface area contributed by atoms with E-state index in [1.165, 1.54) is 0 Å². The number of ether oxygens (including phenoxy) is 2. The minimum Gasteiger partial charge on any atom is -0.382 e. The molecule has 21 heavy (non-hydrogen) atoms. The molecular weight excluding hydrogens is 290 g/mol. The first kappa shape index (κ1) is 16.3. The Bertz CT molecular complexity index is 443. The zero-order chi connectivity index (χ0) is 15.1. The van der Waals surface area contributed by atoms with E-state index >= 15 is 0 Å². The van der Waals surface area contributed by atoms with E-state index in [1.54, 1.807) is 7.11 Å². The summed E-state index contributed by atoms with van der Waals surface area (Å²) in [6.45, 7) is 1.19. The highest BCUT2D eigenvalue weighted by atomic mass is 35.5. The molecule has 2 rings (SSSR count). The fourth-order valence-corrected chi connectivity index (χ4v) is 2.64. The molecular formula is C16H22ClNO3. The standard InChI is InChI=1S/C16H22ClNO3/c1-20-11-15(12-5-7-13(17)8-6-12)18-16(19)10-14-4-2-3-9-21-14/h5-8,14-15H,2-4,9-11H2,1H3,(H,18,19)/t14-,15-/m1/s1. The van der Waals surface area contributed by atoms with Gasteiger partial charge in [-0.15, -0.1) is 0 Å². The van der Waals surface area contributed by atoms with E-state index in [2.05, 4.69) is 5.32 Å². The van der Waals surface area contributed by atoms with Gasteiger partial charge in [-0.05, 0) is 37.0 Å². The monoisotopic (exact) mass is 311 g/mol. The van der Waals surface area contributed by atoms with Gasteiger partial charge in [0.1, 0.15) is 0 Å². The molecule has 0 aromatic heterocycles. The molecule has 0 bridgehead atoms. The lowest BCUT2D eigenvalue weighted by molar-refractivity contribution is -0.126. The molecule has 1 aromatic rings. The van der Waals surface area contributed by atoms with Crippen molar-refractivity contribution in [3.05, 3.63) is 34.9 Å². The molecule has 116 valence electrons. The lowest BCUT2D eigenvalue weighted by Crippen LogP contribution is -2.34. The average molecular weight is 312 g/mol. The summed E-state index contributed by atoms with van der Waals surface area (Å²) >= 11 is 5.89. The molecule has 1 saturated heterocycles. The van der Waals surface area contributed by atoms with Crippen LogP contribution in [-0.4, -0.2) is 32.3 Å². The van der Waals surface area contributed by atoms with Crippen LogP contribution in [0.25, 0.3) is 0 Å². The van der Waals surface area contributed by atoms with E-state index in [4.69, 9.17) is 21.1 Å². The Hall–Kier alpha value is -1.10. The number of rotatable bonds is 6. The molecule has 0 radical (unpaired) electrons. The summed E-state index contributed by atoms with van der Waals surface area (Å²) in [5, 5.41) is 3.69. The molecule has 2 atom stereocenters. The van der Waals surface area contributed by atoms with Gasteiger partial charge in [0.15, 0.2) is 0 Å². The lowest BCUT2D eigenvalue weighted by Gasteiger charge is -2.24. The van der Waals surface area contributed by atoms with Crippen LogP contribution in [0.4, 0.5) is 0 Å². The van der Waals surface area contributed by atoms with Crippen molar-refractivity contribution in [1.29, 1.82) is 0 Å². The predicted octanol–water partition coefficient (Wildman–Crippen LogP) is 3.10. The van der Waals surface area contributed by atoms with Gasteiger partial charge in [0.2, 0.25) is 5.91 Å². The Balaban J connectivity index is 1.91. The van der Waals surface area contributed by atoms with Crippen molar-refractivity contribution in [2.24, 2.45) is 0 Å². The topological polar surface area (TPSA) is 47.6 Å². The molecule has 0 saturated carbocycles. The van der Waals surface area contributed by atoms with E-state index in [-0.39, 0.29) is 18.1 Å². The van der Waals surface area contributed by atoms with Crippen LogP contribution in [-0.2, 0) is 14.3 Å². The minimum atomic E-state index is -0.164. The zero-order valence-corrected chi connectivity index (χ0v) is 13.1. The second-order valence-electron chi connectivity index (χ2n) is 5.32. The highest BCUT2D eigenvalue weighted by Gasteiger charge is 2.20. The van der Waals surface area contributed by atoms with Crippen molar-refractivity contribution < 1.29 is 14.3 Å². The molecule has 5 heteroatoms. The van der Waals surface area contributed by atoms with Crippen LogP contribution in [0, 0.1) is 0 Å². The Morgan fingerprint density at radius 1 is 1.43 bits per heavy atom. The number of carbonyl (C=O) groups is 1. The van der Waals surface area contributed by atoms with E-state index in [0.29, 0.717) is 18.1 Å². The molecule has 0 spiro atoms. The third-order valence-corrected chi connectivity index (χ3v) is 3.88. The maximum Gasteiger partial charge on any atom is 0.223 e. The van der Waals surface area contributed by atoms with Crippen LogP contribution in [0.5, 0.6) is 0 Å². The summed E-state index contributed by atoms with van der Waals surface area (Å²) in [5.74, 6) is -0.00102. The second-order valence-corrected chi connectivity index (χ2v) is 5.76. The molecule has 0 aliphatic carbocycles. The first-order valence-corrected chi connectivity index (χ1v) is 7.72. The second kappa shape index (κ2) is 8.37. The van der Waals surface area contributed by atoms with Gasteiger partial charge in [0.25, 0.3) is 0 Å². The average Bonchev–Trinajstić information content (AvgIpc) is 2.48. The lowest BCUT2D eigenvalue weighted by atomic mass is 10.0. The van der Waals surface area contributed by atoms with E-state index < -0.39 is 0 Å². The predicted molar refractivity (Wildman–Crippen MR) is 82.4 cm³/mol. The first-order chi connectivity index (χ1) is 10.2. The normalized spacial score (nSPS) is 20.0. The minimum absolute atomic E-state index is 0.00102. The number of nitrogens with one attached hydrogen (secondary N) is 1. The molecule has 1 aliphatic rings. The Kier molecular flexibility index (Phi) is 6.49. The van der Waals surface area contributed by atoms with Crippen molar-refractivity contribution in [2.75, 3.05) is 20.3 Å². The number of hydrogen-bond donors (Lipinski definition) is 1. The maximum absolute atomic E-state index is 12.2. The van der Waals surface area contributed by atoms with Gasteiger partial charge >= 0.3 is 0 Å². The van der Waals surface area contributed by atoms with Gasteiger partial charge in [-0.25, -0.2) is 0 Å². The number of hydrogen-bond acceptors (Lipinski definition) is 3. The number of amides is 1. The number of benzene rings is 1.